The quantitative estimate of drug-likeness (QED) is 0.689. The van der Waals surface area contributed by atoms with Crippen LogP contribution in [0.15, 0.2) is 66.7 Å². The number of benzene rings is 3. The zero-order valence-corrected chi connectivity index (χ0v) is 17.1. The monoisotopic (exact) mass is 402 g/mol. The molecule has 0 atom stereocenters. The second-order valence-corrected chi connectivity index (χ2v) is 7.63. The van der Waals surface area contributed by atoms with Gasteiger partial charge in [0.1, 0.15) is 0 Å². The Morgan fingerprint density at radius 3 is 2.30 bits per heavy atom. The first-order valence-corrected chi connectivity index (χ1v) is 10.2. The number of nitrogens with zero attached hydrogens (tertiary/aromatic N) is 2. The first-order chi connectivity index (χ1) is 14.6. The molecule has 0 unspecified atom stereocenters. The molecule has 3 aromatic carbocycles. The van der Waals surface area contributed by atoms with Crippen LogP contribution in [0.3, 0.4) is 0 Å². The van der Waals surface area contributed by atoms with Crippen molar-refractivity contribution in [3.63, 3.8) is 0 Å². The lowest BCUT2D eigenvalue weighted by Crippen LogP contribution is -2.44. The Hall–Kier alpha value is -3.38. The highest BCUT2D eigenvalue weighted by atomic mass is 16.2. The molecule has 1 fully saturated rings. The minimum atomic E-state index is -0.263. The van der Waals surface area contributed by atoms with Crippen molar-refractivity contribution in [3.05, 3.63) is 72.3 Å². The van der Waals surface area contributed by atoms with Crippen molar-refractivity contribution in [2.75, 3.05) is 50.0 Å². The lowest BCUT2D eigenvalue weighted by atomic mass is 10.1. The van der Waals surface area contributed by atoms with E-state index in [1.54, 1.807) is 6.07 Å². The lowest BCUT2D eigenvalue weighted by Gasteiger charge is -2.34. The molecule has 0 radical (unpaired) electrons. The number of piperazine rings is 1. The number of anilines is 2. The molecule has 0 aromatic heterocycles. The fourth-order valence-corrected chi connectivity index (χ4v) is 3.62. The Morgan fingerprint density at radius 1 is 0.867 bits per heavy atom. The van der Waals surface area contributed by atoms with E-state index in [-0.39, 0.29) is 18.4 Å². The van der Waals surface area contributed by atoms with Crippen LogP contribution in [0.25, 0.3) is 10.8 Å². The summed E-state index contributed by atoms with van der Waals surface area (Å²) in [6.07, 6.45) is 0. The van der Waals surface area contributed by atoms with Gasteiger partial charge in [0.05, 0.1) is 6.54 Å². The SMILES string of the molecule is CN1CCN(c2ccc(NC(=O)CNC(=O)c3ccc4ccccc4c3)cc2)CC1. The summed E-state index contributed by atoms with van der Waals surface area (Å²) in [6.45, 7) is 4.03. The summed E-state index contributed by atoms with van der Waals surface area (Å²) in [5.74, 6) is -0.516. The summed E-state index contributed by atoms with van der Waals surface area (Å²) >= 11 is 0. The molecule has 0 saturated carbocycles. The third-order valence-corrected chi connectivity index (χ3v) is 5.44. The van der Waals surface area contributed by atoms with E-state index in [0.29, 0.717) is 5.56 Å². The molecular weight excluding hydrogens is 376 g/mol. The summed E-state index contributed by atoms with van der Waals surface area (Å²) in [5, 5.41) is 7.59. The van der Waals surface area contributed by atoms with Crippen molar-refractivity contribution in [3.8, 4) is 0 Å². The maximum Gasteiger partial charge on any atom is 0.251 e. The van der Waals surface area contributed by atoms with Crippen LogP contribution in [-0.4, -0.2) is 56.5 Å². The molecule has 3 aromatic rings. The van der Waals surface area contributed by atoms with E-state index in [9.17, 15) is 9.59 Å². The molecule has 30 heavy (non-hydrogen) atoms. The van der Waals surface area contributed by atoms with E-state index < -0.39 is 0 Å². The minimum absolute atomic E-state index is 0.0775. The normalized spacial score (nSPS) is 14.5. The summed E-state index contributed by atoms with van der Waals surface area (Å²) in [4.78, 5) is 29.3. The van der Waals surface area contributed by atoms with Crippen LogP contribution in [0.5, 0.6) is 0 Å². The van der Waals surface area contributed by atoms with Crippen LogP contribution in [0.1, 0.15) is 10.4 Å². The summed E-state index contributed by atoms with van der Waals surface area (Å²) in [7, 11) is 2.13. The van der Waals surface area contributed by atoms with Gasteiger partial charge in [-0.2, -0.15) is 0 Å². The van der Waals surface area contributed by atoms with Crippen LogP contribution in [0, 0.1) is 0 Å². The molecule has 154 valence electrons. The molecule has 2 N–H and O–H groups in total. The first-order valence-electron chi connectivity index (χ1n) is 10.2. The van der Waals surface area contributed by atoms with Gasteiger partial charge in [-0.3, -0.25) is 9.59 Å². The molecule has 0 spiro atoms. The van der Waals surface area contributed by atoms with Crippen molar-refractivity contribution in [2.45, 2.75) is 0 Å². The number of carbonyl (C=O) groups is 2. The van der Waals surface area contributed by atoms with E-state index >= 15 is 0 Å². The van der Waals surface area contributed by atoms with E-state index in [1.165, 1.54) is 0 Å². The second-order valence-electron chi connectivity index (χ2n) is 7.63. The Kier molecular flexibility index (Phi) is 5.95. The predicted octanol–water partition coefficient (Wildman–Crippen LogP) is 2.96. The Morgan fingerprint density at radius 2 is 1.57 bits per heavy atom. The van der Waals surface area contributed by atoms with E-state index in [2.05, 4.69) is 27.5 Å². The molecule has 1 aliphatic rings. The standard InChI is InChI=1S/C24H26N4O2/c1-27-12-14-28(15-13-27)22-10-8-21(9-11-22)26-23(29)17-25-24(30)20-7-6-18-4-2-3-5-19(18)16-20/h2-11,16H,12-15,17H2,1H3,(H,25,30)(H,26,29). The van der Waals surface area contributed by atoms with Gasteiger partial charge in [0, 0.05) is 43.1 Å². The molecule has 1 aliphatic heterocycles. The number of hydrogen-bond acceptors (Lipinski definition) is 4. The lowest BCUT2D eigenvalue weighted by molar-refractivity contribution is -0.115. The highest BCUT2D eigenvalue weighted by molar-refractivity contribution is 6.01. The Labute approximate surface area is 176 Å². The van der Waals surface area contributed by atoms with Crippen molar-refractivity contribution >= 4 is 34.0 Å². The van der Waals surface area contributed by atoms with E-state index in [0.717, 1.165) is 48.3 Å². The fourth-order valence-electron chi connectivity index (χ4n) is 3.62. The fraction of sp³-hybridized carbons (Fsp3) is 0.250. The summed E-state index contributed by atoms with van der Waals surface area (Å²) in [5.41, 5.74) is 2.42. The number of fused-ring (bicyclic) bond motifs is 1. The largest absolute Gasteiger partial charge is 0.369 e. The zero-order chi connectivity index (χ0) is 20.9. The van der Waals surface area contributed by atoms with Gasteiger partial charge in [0.15, 0.2) is 0 Å². The zero-order valence-electron chi connectivity index (χ0n) is 17.1. The maximum atomic E-state index is 12.4. The molecule has 6 nitrogen and oxygen atoms in total. The predicted molar refractivity (Wildman–Crippen MR) is 121 cm³/mol. The van der Waals surface area contributed by atoms with Crippen molar-refractivity contribution in [2.24, 2.45) is 0 Å². The van der Waals surface area contributed by atoms with Crippen LogP contribution < -0.4 is 15.5 Å². The van der Waals surface area contributed by atoms with Gasteiger partial charge in [-0.1, -0.05) is 30.3 Å². The third-order valence-electron chi connectivity index (χ3n) is 5.44. The van der Waals surface area contributed by atoms with Gasteiger partial charge in [0.25, 0.3) is 5.91 Å². The average Bonchev–Trinajstić information content (AvgIpc) is 2.78. The number of rotatable bonds is 5. The highest BCUT2D eigenvalue weighted by Gasteiger charge is 2.14. The van der Waals surface area contributed by atoms with Crippen molar-refractivity contribution < 1.29 is 9.59 Å². The molecule has 1 saturated heterocycles. The molecule has 1 heterocycles. The van der Waals surface area contributed by atoms with Crippen molar-refractivity contribution in [1.29, 1.82) is 0 Å². The first kappa shape index (κ1) is 19.9. The summed E-state index contributed by atoms with van der Waals surface area (Å²) < 4.78 is 0. The minimum Gasteiger partial charge on any atom is -0.369 e. The van der Waals surface area contributed by atoms with Crippen LogP contribution in [0.2, 0.25) is 0 Å². The molecule has 4 rings (SSSR count). The molecule has 0 aliphatic carbocycles. The number of nitrogens with one attached hydrogen (secondary N) is 2. The number of hydrogen-bond donors (Lipinski definition) is 2. The van der Waals surface area contributed by atoms with Gasteiger partial charge in [0.2, 0.25) is 5.91 Å². The summed E-state index contributed by atoms with van der Waals surface area (Å²) in [6, 6.07) is 21.2. The second kappa shape index (κ2) is 8.97. The Balaban J connectivity index is 1.29. The van der Waals surface area contributed by atoms with Gasteiger partial charge >= 0.3 is 0 Å². The van der Waals surface area contributed by atoms with Crippen LogP contribution >= 0.6 is 0 Å². The van der Waals surface area contributed by atoms with Crippen molar-refractivity contribution in [1.82, 2.24) is 10.2 Å². The smallest absolute Gasteiger partial charge is 0.251 e. The molecule has 6 heteroatoms. The van der Waals surface area contributed by atoms with E-state index in [1.807, 2.05) is 60.7 Å². The van der Waals surface area contributed by atoms with Gasteiger partial charge in [-0.15, -0.1) is 0 Å². The van der Waals surface area contributed by atoms with Gasteiger partial charge < -0.3 is 20.4 Å². The number of likely N-dealkylation sites (N-methyl/N-ethyl adjacent to an activating group) is 1. The van der Waals surface area contributed by atoms with Crippen LogP contribution in [-0.2, 0) is 4.79 Å². The number of carbonyl (C=O) groups excluding carboxylic acids is 2. The van der Waals surface area contributed by atoms with E-state index in [4.69, 9.17) is 0 Å². The Bertz CT molecular complexity index is 1040. The third kappa shape index (κ3) is 4.78. The van der Waals surface area contributed by atoms with Crippen LogP contribution in [0.4, 0.5) is 11.4 Å². The highest BCUT2D eigenvalue weighted by Crippen LogP contribution is 2.19. The number of amides is 2. The van der Waals surface area contributed by atoms with Gasteiger partial charge in [-0.25, -0.2) is 0 Å². The molecule has 0 bridgehead atoms. The maximum absolute atomic E-state index is 12.4. The topological polar surface area (TPSA) is 64.7 Å². The van der Waals surface area contributed by atoms with Gasteiger partial charge in [-0.05, 0) is 54.2 Å². The molecule has 2 amide bonds. The molecular formula is C24H26N4O2. The average molecular weight is 402 g/mol.